The molecule has 0 aliphatic carbocycles. The summed E-state index contributed by atoms with van der Waals surface area (Å²) >= 11 is 0. The van der Waals surface area contributed by atoms with E-state index in [9.17, 15) is 4.79 Å². The second-order valence-corrected chi connectivity index (χ2v) is 9.21. The highest BCUT2D eigenvalue weighted by molar-refractivity contribution is 5.80. The van der Waals surface area contributed by atoms with Crippen LogP contribution in [-0.4, -0.2) is 36.7 Å². The van der Waals surface area contributed by atoms with Crippen molar-refractivity contribution in [2.75, 3.05) is 6.61 Å². The molecule has 1 N–H and O–H groups in total. The van der Waals surface area contributed by atoms with E-state index in [1.54, 1.807) is 6.26 Å². The summed E-state index contributed by atoms with van der Waals surface area (Å²) in [6.07, 6.45) is 3.24. The fourth-order valence-electron chi connectivity index (χ4n) is 4.79. The van der Waals surface area contributed by atoms with Gasteiger partial charge in [-0.2, -0.15) is 0 Å². The molecule has 5 aromatic rings. The first-order valence-electron chi connectivity index (χ1n) is 13.0. The van der Waals surface area contributed by atoms with Crippen molar-refractivity contribution in [2.24, 2.45) is 0 Å². The first kappa shape index (κ1) is 25.4. The lowest BCUT2D eigenvalue weighted by Gasteiger charge is -2.29. The minimum absolute atomic E-state index is 0.121. The first-order valence-corrected chi connectivity index (χ1v) is 13.0. The Bertz CT molecular complexity index is 1510. The van der Waals surface area contributed by atoms with Crippen molar-refractivity contribution in [3.8, 4) is 5.75 Å². The van der Waals surface area contributed by atoms with Crippen LogP contribution in [0.2, 0.25) is 0 Å². The van der Waals surface area contributed by atoms with Crippen LogP contribution in [0.15, 0.2) is 82.2 Å². The molecule has 0 saturated heterocycles. The van der Waals surface area contributed by atoms with Gasteiger partial charge in [-0.1, -0.05) is 37.3 Å². The number of nitrogens with zero attached hydrogens (tertiary/aromatic N) is 5. The summed E-state index contributed by atoms with van der Waals surface area (Å²) in [7, 11) is 0. The average Bonchev–Trinajstić information content (AvgIpc) is 3.62. The van der Waals surface area contributed by atoms with Gasteiger partial charge in [-0.25, -0.2) is 4.68 Å². The van der Waals surface area contributed by atoms with Gasteiger partial charge in [-0.3, -0.25) is 9.69 Å². The Kier molecular flexibility index (Phi) is 7.94. The van der Waals surface area contributed by atoms with E-state index in [0.717, 1.165) is 41.1 Å². The lowest BCUT2D eigenvalue weighted by Crippen LogP contribution is -2.32. The molecule has 1 unspecified atom stereocenters. The Balaban J connectivity index is 1.46. The molecule has 0 amide bonds. The molecule has 196 valence electrons. The van der Waals surface area contributed by atoms with Crippen LogP contribution in [0.25, 0.3) is 10.9 Å². The second-order valence-electron chi connectivity index (χ2n) is 9.21. The van der Waals surface area contributed by atoms with Crippen LogP contribution in [0.3, 0.4) is 0 Å². The molecule has 9 heteroatoms. The van der Waals surface area contributed by atoms with Crippen molar-refractivity contribution in [3.05, 3.63) is 106 Å². The number of ether oxygens (including phenoxy) is 1. The third kappa shape index (κ3) is 5.84. The highest BCUT2D eigenvalue weighted by Crippen LogP contribution is 2.27. The Labute approximate surface area is 221 Å². The van der Waals surface area contributed by atoms with Crippen molar-refractivity contribution in [3.63, 3.8) is 0 Å². The van der Waals surface area contributed by atoms with Crippen LogP contribution in [-0.2, 0) is 26.1 Å². The molecule has 0 saturated carbocycles. The largest absolute Gasteiger partial charge is 0.494 e. The van der Waals surface area contributed by atoms with Gasteiger partial charge in [-0.15, -0.1) is 5.10 Å². The van der Waals surface area contributed by atoms with Crippen LogP contribution in [0.1, 0.15) is 49.0 Å². The highest BCUT2D eigenvalue weighted by atomic mass is 16.5. The molecule has 0 aliphatic rings. The molecule has 38 heavy (non-hydrogen) atoms. The molecule has 3 aromatic heterocycles. The predicted molar refractivity (Wildman–Crippen MR) is 145 cm³/mol. The third-order valence-electron chi connectivity index (χ3n) is 6.66. The third-order valence-corrected chi connectivity index (χ3v) is 6.66. The number of aromatic nitrogens is 5. The maximum Gasteiger partial charge on any atom is 0.252 e. The van der Waals surface area contributed by atoms with Crippen LogP contribution in [0, 0.1) is 0 Å². The number of hydrogen-bond acceptors (Lipinski definition) is 7. The van der Waals surface area contributed by atoms with E-state index in [1.807, 2.05) is 66.2 Å². The van der Waals surface area contributed by atoms with Crippen LogP contribution in [0.4, 0.5) is 0 Å². The smallest absolute Gasteiger partial charge is 0.252 e. The molecule has 1 atom stereocenters. The molecule has 0 fully saturated rings. The molecule has 3 heterocycles. The van der Waals surface area contributed by atoms with E-state index in [0.29, 0.717) is 31.8 Å². The Morgan fingerprint density at radius 3 is 2.68 bits per heavy atom. The van der Waals surface area contributed by atoms with E-state index in [4.69, 9.17) is 9.15 Å². The molecule has 0 bridgehead atoms. The Hall–Kier alpha value is -4.24. The maximum absolute atomic E-state index is 13.1. The molecule has 5 rings (SSSR count). The fraction of sp³-hybridized carbons (Fsp3) is 0.310. The number of rotatable bonds is 12. The van der Waals surface area contributed by atoms with Crippen molar-refractivity contribution in [2.45, 2.75) is 52.4 Å². The van der Waals surface area contributed by atoms with Gasteiger partial charge >= 0.3 is 0 Å². The van der Waals surface area contributed by atoms with Crippen molar-refractivity contribution in [1.29, 1.82) is 0 Å². The standard InChI is InChI=1S/C29H32N6O3/c1-3-27(28-31-32-33-35(28)15-14-21-9-6-5-7-10-21)34(20-25-11-8-16-38-25)19-23-17-22-18-24(37-4-2)12-13-26(22)30-29(23)36/h5-13,16-18,27H,3-4,14-15,19-20H2,1-2H3,(H,30,36). The van der Waals surface area contributed by atoms with Crippen molar-refractivity contribution in [1.82, 2.24) is 30.1 Å². The summed E-state index contributed by atoms with van der Waals surface area (Å²) in [5, 5.41) is 13.6. The van der Waals surface area contributed by atoms with E-state index in [-0.39, 0.29) is 11.6 Å². The van der Waals surface area contributed by atoms with Gasteiger partial charge in [0.05, 0.1) is 25.5 Å². The maximum atomic E-state index is 13.1. The molecule has 2 aromatic carbocycles. The summed E-state index contributed by atoms with van der Waals surface area (Å²) in [5.74, 6) is 2.35. The SMILES string of the molecule is CCOc1ccc2[nH]c(=O)c(CN(Cc3ccco3)C(CC)c3nnnn3CCc3ccccc3)cc2c1. The van der Waals surface area contributed by atoms with Gasteiger partial charge in [0.25, 0.3) is 5.56 Å². The fourth-order valence-corrected chi connectivity index (χ4v) is 4.79. The number of tetrazole rings is 1. The summed E-state index contributed by atoms with van der Waals surface area (Å²) < 4.78 is 13.2. The number of benzene rings is 2. The van der Waals surface area contributed by atoms with Gasteiger partial charge < -0.3 is 14.1 Å². The number of fused-ring (bicyclic) bond motifs is 1. The molecule has 0 radical (unpaired) electrons. The predicted octanol–water partition coefficient (Wildman–Crippen LogP) is 4.90. The number of aromatic amines is 1. The lowest BCUT2D eigenvalue weighted by molar-refractivity contribution is 0.148. The molecule has 9 nitrogen and oxygen atoms in total. The van der Waals surface area contributed by atoms with E-state index < -0.39 is 0 Å². The molecular formula is C29H32N6O3. The summed E-state index contributed by atoms with van der Waals surface area (Å²) in [4.78, 5) is 18.4. The summed E-state index contributed by atoms with van der Waals surface area (Å²) in [6, 6.07) is 21.6. The topological polar surface area (TPSA) is 102 Å². The van der Waals surface area contributed by atoms with E-state index >= 15 is 0 Å². The molecule has 0 aliphatic heterocycles. The van der Waals surface area contributed by atoms with Crippen LogP contribution < -0.4 is 10.3 Å². The van der Waals surface area contributed by atoms with Gasteiger partial charge in [0.15, 0.2) is 5.82 Å². The minimum Gasteiger partial charge on any atom is -0.494 e. The van der Waals surface area contributed by atoms with Crippen molar-refractivity contribution < 1.29 is 9.15 Å². The normalized spacial score (nSPS) is 12.3. The van der Waals surface area contributed by atoms with E-state index in [1.165, 1.54) is 5.56 Å². The van der Waals surface area contributed by atoms with Crippen LogP contribution >= 0.6 is 0 Å². The Morgan fingerprint density at radius 2 is 1.92 bits per heavy atom. The number of aryl methyl sites for hydroxylation is 2. The number of H-pyrrole nitrogens is 1. The second kappa shape index (κ2) is 11.9. The average molecular weight is 513 g/mol. The minimum atomic E-state index is -0.129. The number of pyridine rings is 1. The zero-order valence-corrected chi connectivity index (χ0v) is 21.7. The molecule has 0 spiro atoms. The van der Waals surface area contributed by atoms with Gasteiger partial charge in [-0.05, 0) is 72.2 Å². The Morgan fingerprint density at radius 1 is 1.05 bits per heavy atom. The summed E-state index contributed by atoms with van der Waals surface area (Å²) in [6.45, 7) is 6.20. The zero-order valence-electron chi connectivity index (χ0n) is 21.7. The highest BCUT2D eigenvalue weighted by Gasteiger charge is 2.26. The summed E-state index contributed by atoms with van der Waals surface area (Å²) in [5.41, 5.74) is 2.53. The van der Waals surface area contributed by atoms with Crippen molar-refractivity contribution >= 4 is 10.9 Å². The number of nitrogens with one attached hydrogen (secondary N) is 1. The zero-order chi connectivity index (χ0) is 26.3. The lowest BCUT2D eigenvalue weighted by atomic mass is 10.1. The van der Waals surface area contributed by atoms with Crippen LogP contribution in [0.5, 0.6) is 5.75 Å². The molecular weight excluding hydrogens is 480 g/mol. The van der Waals surface area contributed by atoms with E-state index in [2.05, 4.69) is 44.5 Å². The number of hydrogen-bond donors (Lipinski definition) is 1. The quantitative estimate of drug-likeness (QED) is 0.254. The van der Waals surface area contributed by atoms with Gasteiger partial charge in [0, 0.05) is 29.6 Å². The number of furan rings is 1. The first-order chi connectivity index (χ1) is 18.6. The van der Waals surface area contributed by atoms with Gasteiger partial charge in [0.2, 0.25) is 0 Å². The van der Waals surface area contributed by atoms with Gasteiger partial charge in [0.1, 0.15) is 11.5 Å². The monoisotopic (exact) mass is 512 g/mol.